The van der Waals surface area contributed by atoms with E-state index < -0.39 is 17.7 Å². The zero-order valence-electron chi connectivity index (χ0n) is 11.7. The molecule has 110 valence electrons. The maximum absolute atomic E-state index is 13.5. The van der Waals surface area contributed by atoms with Crippen LogP contribution in [-0.2, 0) is 16.0 Å². The predicted octanol–water partition coefficient (Wildman–Crippen LogP) is 1.56. The van der Waals surface area contributed by atoms with Gasteiger partial charge in [0.25, 0.3) is 0 Å². The highest BCUT2D eigenvalue weighted by Gasteiger charge is 2.18. The average molecular weight is 283 g/mol. The highest BCUT2D eigenvalue weighted by Crippen LogP contribution is 2.18. The van der Waals surface area contributed by atoms with Gasteiger partial charge in [-0.3, -0.25) is 9.59 Å². The number of carboxylic acids is 1. The zero-order chi connectivity index (χ0) is 15.3. The minimum absolute atomic E-state index is 0.0176. The molecular formula is C14H18FNO4. The van der Waals surface area contributed by atoms with Crippen molar-refractivity contribution >= 4 is 11.9 Å². The number of nitrogens with zero attached hydrogens (tertiary/aromatic N) is 1. The molecule has 1 aromatic rings. The number of carbonyl (C=O) groups excluding carboxylic acids is 1. The number of carboxylic acid groups (broad SMARTS) is 1. The molecule has 1 unspecified atom stereocenters. The van der Waals surface area contributed by atoms with Gasteiger partial charge in [0.15, 0.2) is 11.6 Å². The zero-order valence-corrected chi connectivity index (χ0v) is 11.7. The summed E-state index contributed by atoms with van der Waals surface area (Å²) in [6.45, 7) is 1.64. The van der Waals surface area contributed by atoms with Gasteiger partial charge in [-0.2, -0.15) is 0 Å². The second kappa shape index (κ2) is 6.88. The molecule has 0 radical (unpaired) electrons. The summed E-state index contributed by atoms with van der Waals surface area (Å²) in [5.41, 5.74) is 0.517. The number of hydrogen-bond donors (Lipinski definition) is 1. The Bertz CT molecular complexity index is 504. The number of rotatable bonds is 6. The molecule has 1 rings (SSSR count). The second-order valence-corrected chi connectivity index (χ2v) is 4.66. The lowest BCUT2D eigenvalue weighted by Gasteiger charge is -2.19. The molecule has 1 aromatic carbocycles. The summed E-state index contributed by atoms with van der Waals surface area (Å²) in [5, 5.41) is 8.80. The van der Waals surface area contributed by atoms with Gasteiger partial charge in [-0.1, -0.05) is 13.0 Å². The van der Waals surface area contributed by atoms with Crippen LogP contribution in [0.15, 0.2) is 18.2 Å². The molecule has 0 aliphatic heterocycles. The number of carbonyl (C=O) groups is 2. The number of benzene rings is 1. The molecule has 0 fully saturated rings. The standard InChI is InChI=1S/C14H18FNO4/c1-9(14(18)19)8-16(2)13(17)7-10-4-5-12(20-3)11(15)6-10/h4-6,9H,7-8H2,1-3H3,(H,18,19). The topological polar surface area (TPSA) is 66.8 Å². The second-order valence-electron chi connectivity index (χ2n) is 4.66. The minimum Gasteiger partial charge on any atom is -0.494 e. The van der Waals surface area contributed by atoms with Gasteiger partial charge in [-0.15, -0.1) is 0 Å². The fourth-order valence-electron chi connectivity index (χ4n) is 1.72. The SMILES string of the molecule is COc1ccc(CC(=O)N(C)CC(C)C(=O)O)cc1F. The van der Waals surface area contributed by atoms with Gasteiger partial charge in [0.2, 0.25) is 5.91 Å². The molecule has 0 aromatic heterocycles. The Morgan fingerprint density at radius 1 is 1.45 bits per heavy atom. The molecule has 0 aliphatic rings. The number of halogens is 1. The lowest BCUT2D eigenvalue weighted by atomic mass is 10.1. The van der Waals surface area contributed by atoms with Gasteiger partial charge in [0, 0.05) is 13.6 Å². The van der Waals surface area contributed by atoms with Crippen LogP contribution in [0, 0.1) is 11.7 Å². The molecular weight excluding hydrogens is 265 g/mol. The Balaban J connectivity index is 2.66. The predicted molar refractivity (Wildman–Crippen MR) is 71.1 cm³/mol. The summed E-state index contributed by atoms with van der Waals surface area (Å²) in [5.74, 6) is -2.27. The van der Waals surface area contributed by atoms with E-state index in [0.717, 1.165) is 0 Å². The Hall–Kier alpha value is -2.11. The number of ether oxygens (including phenoxy) is 1. The molecule has 0 saturated heterocycles. The molecule has 0 heterocycles. The van der Waals surface area contributed by atoms with Crippen molar-refractivity contribution in [3.05, 3.63) is 29.6 Å². The Labute approximate surface area is 117 Å². The van der Waals surface area contributed by atoms with Gasteiger partial charge in [0.1, 0.15) is 0 Å². The summed E-state index contributed by atoms with van der Waals surface area (Å²) in [6.07, 6.45) is 0.0176. The van der Waals surface area contributed by atoms with Crippen molar-refractivity contribution < 1.29 is 23.8 Å². The van der Waals surface area contributed by atoms with Crippen LogP contribution in [0.3, 0.4) is 0 Å². The quantitative estimate of drug-likeness (QED) is 0.860. The first-order valence-corrected chi connectivity index (χ1v) is 6.14. The summed E-state index contributed by atoms with van der Waals surface area (Å²) < 4.78 is 18.3. The van der Waals surface area contributed by atoms with Gasteiger partial charge in [0.05, 0.1) is 19.4 Å². The summed E-state index contributed by atoms with van der Waals surface area (Å²) >= 11 is 0. The lowest BCUT2D eigenvalue weighted by Crippen LogP contribution is -2.34. The van der Waals surface area contributed by atoms with Crippen LogP contribution in [-0.4, -0.2) is 42.6 Å². The van der Waals surface area contributed by atoms with E-state index in [2.05, 4.69) is 0 Å². The minimum atomic E-state index is -0.958. The molecule has 0 bridgehead atoms. The number of amides is 1. The van der Waals surface area contributed by atoms with Gasteiger partial charge in [-0.05, 0) is 17.7 Å². The maximum atomic E-state index is 13.5. The fourth-order valence-corrected chi connectivity index (χ4v) is 1.72. The van der Waals surface area contributed by atoms with E-state index in [4.69, 9.17) is 9.84 Å². The van der Waals surface area contributed by atoms with Gasteiger partial charge in [-0.25, -0.2) is 4.39 Å². The number of hydrogen-bond acceptors (Lipinski definition) is 3. The van der Waals surface area contributed by atoms with Crippen LogP contribution in [0.25, 0.3) is 0 Å². The van der Waals surface area contributed by atoms with Crippen molar-refractivity contribution in [3.63, 3.8) is 0 Å². The summed E-state index contributed by atoms with van der Waals surface area (Å²) in [7, 11) is 2.89. The third-order valence-corrected chi connectivity index (χ3v) is 2.97. The Morgan fingerprint density at radius 3 is 2.60 bits per heavy atom. The van der Waals surface area contributed by atoms with E-state index in [0.29, 0.717) is 5.56 Å². The number of likely N-dealkylation sites (N-methyl/N-ethyl adjacent to an activating group) is 1. The van der Waals surface area contributed by atoms with E-state index >= 15 is 0 Å². The van der Waals surface area contributed by atoms with Crippen LogP contribution in [0.5, 0.6) is 5.75 Å². The highest BCUT2D eigenvalue weighted by atomic mass is 19.1. The molecule has 1 N–H and O–H groups in total. The third-order valence-electron chi connectivity index (χ3n) is 2.97. The summed E-state index contributed by atoms with van der Waals surface area (Å²) in [6, 6.07) is 4.30. The van der Waals surface area contributed by atoms with E-state index in [9.17, 15) is 14.0 Å². The first kappa shape index (κ1) is 15.9. The van der Waals surface area contributed by atoms with Crippen LogP contribution < -0.4 is 4.74 Å². The lowest BCUT2D eigenvalue weighted by molar-refractivity contribution is -0.142. The Kier molecular flexibility index (Phi) is 5.49. The molecule has 5 nitrogen and oxygen atoms in total. The van der Waals surface area contributed by atoms with Gasteiger partial charge < -0.3 is 14.7 Å². The number of aliphatic carboxylic acids is 1. The molecule has 20 heavy (non-hydrogen) atoms. The summed E-state index contributed by atoms with van der Waals surface area (Å²) in [4.78, 5) is 24.0. The van der Waals surface area contributed by atoms with Crippen molar-refractivity contribution in [3.8, 4) is 5.75 Å². The maximum Gasteiger partial charge on any atom is 0.308 e. The van der Waals surface area contributed by atoms with Crippen molar-refractivity contribution in [2.45, 2.75) is 13.3 Å². The van der Waals surface area contributed by atoms with Crippen molar-refractivity contribution in [2.24, 2.45) is 5.92 Å². The van der Waals surface area contributed by atoms with E-state index in [1.54, 1.807) is 6.07 Å². The molecule has 1 amide bonds. The van der Waals surface area contributed by atoms with Crippen LogP contribution in [0.2, 0.25) is 0 Å². The van der Waals surface area contributed by atoms with Crippen LogP contribution in [0.4, 0.5) is 4.39 Å². The monoisotopic (exact) mass is 283 g/mol. The van der Waals surface area contributed by atoms with E-state index in [1.807, 2.05) is 0 Å². The molecule has 0 aliphatic carbocycles. The Morgan fingerprint density at radius 2 is 2.10 bits per heavy atom. The molecule has 6 heteroatoms. The molecule has 0 spiro atoms. The first-order valence-electron chi connectivity index (χ1n) is 6.14. The van der Waals surface area contributed by atoms with Crippen molar-refractivity contribution in [1.29, 1.82) is 0 Å². The molecule has 1 atom stereocenters. The van der Waals surface area contributed by atoms with E-state index in [-0.39, 0.29) is 24.6 Å². The molecule has 0 saturated carbocycles. The van der Waals surface area contributed by atoms with Crippen molar-refractivity contribution in [1.82, 2.24) is 4.90 Å². The average Bonchev–Trinajstić information content (AvgIpc) is 2.38. The number of methoxy groups -OCH3 is 1. The van der Waals surface area contributed by atoms with Crippen molar-refractivity contribution in [2.75, 3.05) is 20.7 Å². The largest absolute Gasteiger partial charge is 0.494 e. The van der Waals surface area contributed by atoms with E-state index in [1.165, 1.54) is 38.1 Å². The van der Waals surface area contributed by atoms with Crippen LogP contribution in [0.1, 0.15) is 12.5 Å². The third kappa shape index (κ3) is 4.22. The van der Waals surface area contributed by atoms with Gasteiger partial charge >= 0.3 is 5.97 Å². The fraction of sp³-hybridized carbons (Fsp3) is 0.429. The highest BCUT2D eigenvalue weighted by molar-refractivity contribution is 5.79. The first-order chi connectivity index (χ1) is 9.35. The smallest absolute Gasteiger partial charge is 0.308 e. The normalized spacial score (nSPS) is 11.8. The van der Waals surface area contributed by atoms with Crippen LogP contribution >= 0.6 is 0 Å².